The molecule has 160 valence electrons. The van der Waals surface area contributed by atoms with Gasteiger partial charge in [-0.3, -0.25) is 4.79 Å². The lowest BCUT2D eigenvalue weighted by atomic mass is 9.84. The Hall–Kier alpha value is -3.12. The standard InChI is InChI=1S/C25H26N2O3S/c1-17(2)22-15-20(16-23(18(3)4)24(22)28)26-25(19-11-7-5-8-12-19)27-31(29,30)21-13-9-6-10-14-21/h5-18H,1-4H3. The minimum absolute atomic E-state index is 0.0130. The normalized spacial score (nSPS) is 15.2. The van der Waals surface area contributed by atoms with Crippen LogP contribution in [0, 0.1) is 11.8 Å². The van der Waals surface area contributed by atoms with E-state index < -0.39 is 10.0 Å². The number of nitrogens with zero attached hydrogens (tertiary/aromatic N) is 2. The van der Waals surface area contributed by atoms with Crippen LogP contribution in [-0.4, -0.2) is 25.7 Å². The number of carbonyl (C=O) groups excluding carboxylic acids is 1. The summed E-state index contributed by atoms with van der Waals surface area (Å²) >= 11 is 0. The van der Waals surface area contributed by atoms with Crippen molar-refractivity contribution in [2.24, 2.45) is 21.2 Å². The van der Waals surface area contributed by atoms with Crippen LogP contribution in [0.25, 0.3) is 0 Å². The molecule has 5 nitrogen and oxygen atoms in total. The van der Waals surface area contributed by atoms with Gasteiger partial charge in [0, 0.05) is 16.7 Å². The number of rotatable bonds is 5. The molecule has 0 aliphatic heterocycles. The van der Waals surface area contributed by atoms with Crippen LogP contribution in [0.1, 0.15) is 33.3 Å². The lowest BCUT2D eigenvalue weighted by Crippen LogP contribution is -2.21. The lowest BCUT2D eigenvalue weighted by Gasteiger charge is -2.20. The Bertz CT molecular complexity index is 1160. The zero-order valence-electron chi connectivity index (χ0n) is 18.1. The summed E-state index contributed by atoms with van der Waals surface area (Å²) in [4.78, 5) is 17.5. The summed E-state index contributed by atoms with van der Waals surface area (Å²) in [7, 11) is -3.96. The number of benzene rings is 2. The van der Waals surface area contributed by atoms with E-state index in [1.165, 1.54) is 12.1 Å². The van der Waals surface area contributed by atoms with E-state index in [2.05, 4.69) is 9.39 Å². The summed E-state index contributed by atoms with van der Waals surface area (Å²) in [6.45, 7) is 7.82. The predicted molar refractivity (Wildman–Crippen MR) is 125 cm³/mol. The van der Waals surface area contributed by atoms with E-state index in [0.717, 1.165) is 0 Å². The van der Waals surface area contributed by atoms with Crippen molar-refractivity contribution in [2.75, 3.05) is 0 Å². The fourth-order valence-corrected chi connectivity index (χ4v) is 4.17. The average molecular weight is 435 g/mol. The number of Topliss-reactive ketones (excluding diaryl/α,β-unsaturated/α-hetero) is 1. The maximum atomic E-state index is 12.9. The van der Waals surface area contributed by atoms with Crippen LogP contribution in [0.15, 0.2) is 98.2 Å². The lowest BCUT2D eigenvalue weighted by molar-refractivity contribution is -0.113. The molecule has 0 spiro atoms. The van der Waals surface area contributed by atoms with Gasteiger partial charge in [0.2, 0.25) is 0 Å². The molecule has 0 atom stereocenters. The summed E-state index contributed by atoms with van der Waals surface area (Å²) in [5.41, 5.74) is 2.40. The molecule has 1 aliphatic rings. The minimum Gasteiger partial charge on any atom is -0.289 e. The summed E-state index contributed by atoms with van der Waals surface area (Å²) in [5, 5.41) is 0. The molecule has 0 saturated heterocycles. The van der Waals surface area contributed by atoms with Crippen molar-refractivity contribution >= 4 is 27.4 Å². The number of sulfonamides is 1. The summed E-state index contributed by atoms with van der Waals surface area (Å²) < 4.78 is 29.9. The molecule has 0 N–H and O–H groups in total. The number of hydrogen-bond acceptors (Lipinski definition) is 3. The van der Waals surface area contributed by atoms with E-state index in [1.54, 1.807) is 54.6 Å². The Morgan fingerprint density at radius 3 is 1.74 bits per heavy atom. The van der Waals surface area contributed by atoms with Crippen molar-refractivity contribution in [2.45, 2.75) is 32.6 Å². The molecule has 2 aromatic carbocycles. The number of hydrogen-bond donors (Lipinski definition) is 0. The molecule has 0 saturated carbocycles. The summed E-state index contributed by atoms with van der Waals surface area (Å²) in [6, 6.07) is 17.0. The van der Waals surface area contributed by atoms with Crippen LogP contribution in [0.5, 0.6) is 0 Å². The quantitative estimate of drug-likeness (QED) is 0.377. The van der Waals surface area contributed by atoms with Gasteiger partial charge in [-0.05, 0) is 36.1 Å². The highest BCUT2D eigenvalue weighted by Crippen LogP contribution is 2.25. The van der Waals surface area contributed by atoms with Crippen molar-refractivity contribution < 1.29 is 13.2 Å². The van der Waals surface area contributed by atoms with Crippen LogP contribution in [0.4, 0.5) is 0 Å². The van der Waals surface area contributed by atoms with Gasteiger partial charge in [0.15, 0.2) is 11.6 Å². The van der Waals surface area contributed by atoms with Gasteiger partial charge in [0.05, 0.1) is 10.6 Å². The van der Waals surface area contributed by atoms with E-state index in [1.807, 2.05) is 33.8 Å². The maximum Gasteiger partial charge on any atom is 0.284 e. The first-order valence-electron chi connectivity index (χ1n) is 10.2. The van der Waals surface area contributed by atoms with Crippen molar-refractivity contribution in [3.8, 4) is 0 Å². The van der Waals surface area contributed by atoms with Crippen LogP contribution >= 0.6 is 0 Å². The molecule has 0 amide bonds. The minimum atomic E-state index is -3.96. The molecule has 0 aromatic heterocycles. The van der Waals surface area contributed by atoms with Crippen molar-refractivity contribution in [3.05, 3.63) is 89.5 Å². The fourth-order valence-electron chi connectivity index (χ4n) is 3.19. The molecule has 1 aliphatic carbocycles. The Kier molecular flexibility index (Phi) is 6.81. The Morgan fingerprint density at radius 2 is 1.26 bits per heavy atom. The van der Waals surface area contributed by atoms with Gasteiger partial charge in [0.1, 0.15) is 0 Å². The highest BCUT2D eigenvalue weighted by atomic mass is 32.2. The van der Waals surface area contributed by atoms with Gasteiger partial charge in [0.25, 0.3) is 10.0 Å². The van der Waals surface area contributed by atoms with E-state index in [0.29, 0.717) is 22.4 Å². The molecular weight excluding hydrogens is 408 g/mol. The third-order valence-electron chi connectivity index (χ3n) is 4.89. The van der Waals surface area contributed by atoms with E-state index >= 15 is 0 Å². The largest absolute Gasteiger partial charge is 0.289 e. The third-order valence-corrected chi connectivity index (χ3v) is 6.17. The smallest absolute Gasteiger partial charge is 0.284 e. The number of carbonyl (C=O) groups is 1. The zero-order valence-corrected chi connectivity index (χ0v) is 18.9. The van der Waals surface area contributed by atoms with Crippen LogP contribution in [-0.2, 0) is 14.8 Å². The molecule has 0 bridgehead atoms. The second kappa shape index (κ2) is 9.35. The summed E-state index contributed by atoms with van der Waals surface area (Å²) in [5.74, 6) is 0.127. The van der Waals surface area contributed by atoms with Crippen molar-refractivity contribution in [1.82, 2.24) is 0 Å². The van der Waals surface area contributed by atoms with Gasteiger partial charge in [-0.2, -0.15) is 8.42 Å². The number of amidine groups is 1. The molecule has 0 radical (unpaired) electrons. The SMILES string of the molecule is CC(C)C1=CC(=NC(=NS(=O)(=O)c2ccccc2)c2ccccc2)C=C(C(C)C)C1=O. The molecular formula is C25H26N2O3S. The van der Waals surface area contributed by atoms with Crippen LogP contribution in [0.3, 0.4) is 0 Å². The molecule has 0 heterocycles. The monoisotopic (exact) mass is 434 g/mol. The zero-order chi connectivity index (χ0) is 22.6. The van der Waals surface area contributed by atoms with E-state index in [9.17, 15) is 13.2 Å². The second-order valence-corrected chi connectivity index (χ2v) is 9.55. The topological polar surface area (TPSA) is 75.9 Å². The molecule has 0 fully saturated rings. The highest BCUT2D eigenvalue weighted by molar-refractivity contribution is 7.90. The Morgan fingerprint density at radius 1 is 0.774 bits per heavy atom. The van der Waals surface area contributed by atoms with E-state index in [-0.39, 0.29) is 28.4 Å². The summed E-state index contributed by atoms with van der Waals surface area (Å²) in [6.07, 6.45) is 3.46. The van der Waals surface area contributed by atoms with Gasteiger partial charge in [-0.25, -0.2) is 4.99 Å². The Labute approximate surface area is 184 Å². The predicted octanol–water partition coefficient (Wildman–Crippen LogP) is 5.01. The molecule has 31 heavy (non-hydrogen) atoms. The average Bonchev–Trinajstić information content (AvgIpc) is 2.75. The van der Waals surface area contributed by atoms with Crippen molar-refractivity contribution in [3.63, 3.8) is 0 Å². The number of aliphatic imine (C=N–C) groups is 1. The van der Waals surface area contributed by atoms with Crippen molar-refractivity contribution in [1.29, 1.82) is 0 Å². The van der Waals surface area contributed by atoms with Crippen LogP contribution < -0.4 is 0 Å². The number of ketones is 1. The van der Waals surface area contributed by atoms with E-state index in [4.69, 9.17) is 0 Å². The first-order chi connectivity index (χ1) is 14.7. The third kappa shape index (κ3) is 5.33. The Balaban J connectivity index is 2.19. The van der Waals surface area contributed by atoms with Gasteiger partial charge < -0.3 is 0 Å². The molecule has 2 aromatic rings. The van der Waals surface area contributed by atoms with Gasteiger partial charge >= 0.3 is 0 Å². The first-order valence-corrected chi connectivity index (χ1v) is 11.6. The molecule has 0 unspecified atom stereocenters. The maximum absolute atomic E-state index is 12.9. The second-order valence-electron chi connectivity index (χ2n) is 7.94. The van der Waals surface area contributed by atoms with Crippen LogP contribution in [0.2, 0.25) is 0 Å². The fraction of sp³-hybridized carbons (Fsp3) is 0.240. The highest BCUT2D eigenvalue weighted by Gasteiger charge is 2.25. The van der Waals surface area contributed by atoms with Gasteiger partial charge in [-0.1, -0.05) is 76.2 Å². The molecule has 3 rings (SSSR count). The molecule has 6 heteroatoms. The van der Waals surface area contributed by atoms with Gasteiger partial charge in [-0.15, -0.1) is 4.40 Å². The number of allylic oxidation sites excluding steroid dienone is 4. The first kappa shape index (κ1) is 22.6.